The molecule has 2 saturated heterocycles. The van der Waals surface area contributed by atoms with Gasteiger partial charge in [0, 0.05) is 18.0 Å². The van der Waals surface area contributed by atoms with Gasteiger partial charge in [0.2, 0.25) is 0 Å². The van der Waals surface area contributed by atoms with Gasteiger partial charge in [-0.3, -0.25) is 4.90 Å². The largest absolute Gasteiger partial charge is 0.383 e. The molecule has 0 spiro atoms. The van der Waals surface area contributed by atoms with Gasteiger partial charge in [-0.15, -0.1) is 0 Å². The first kappa shape index (κ1) is 15.4. The maximum atomic E-state index is 6.10. The second-order valence-electron chi connectivity index (χ2n) is 6.99. The molecule has 21 heavy (non-hydrogen) atoms. The molecule has 0 aliphatic carbocycles. The number of hydrogen-bond donors (Lipinski definition) is 1. The molecule has 6 heteroatoms. The number of morpholine rings is 1. The van der Waals surface area contributed by atoms with Gasteiger partial charge in [0.1, 0.15) is 11.9 Å². The fourth-order valence-electron chi connectivity index (χ4n) is 3.10. The molecule has 3 heterocycles. The third kappa shape index (κ3) is 3.03. The Bertz CT molecular complexity index is 543. The van der Waals surface area contributed by atoms with Crippen LogP contribution in [0.1, 0.15) is 51.2 Å². The lowest BCUT2D eigenvalue weighted by atomic mass is 9.92. The second kappa shape index (κ2) is 5.62. The van der Waals surface area contributed by atoms with Crippen LogP contribution in [-0.2, 0) is 10.2 Å². The molecule has 2 fully saturated rings. The van der Waals surface area contributed by atoms with Crippen molar-refractivity contribution in [3.63, 3.8) is 0 Å². The molecule has 0 aromatic carbocycles. The molecular weight excluding hydrogens is 379 g/mol. The van der Waals surface area contributed by atoms with E-state index in [1.807, 2.05) is 0 Å². The van der Waals surface area contributed by atoms with Crippen molar-refractivity contribution >= 4 is 28.4 Å². The summed E-state index contributed by atoms with van der Waals surface area (Å²) in [6.07, 6.45) is 2.46. The van der Waals surface area contributed by atoms with Gasteiger partial charge in [0.25, 0.3) is 0 Å². The van der Waals surface area contributed by atoms with Crippen molar-refractivity contribution in [2.24, 2.45) is 0 Å². The van der Waals surface area contributed by atoms with Crippen molar-refractivity contribution in [1.29, 1.82) is 0 Å². The lowest BCUT2D eigenvalue weighted by Gasteiger charge is -2.35. The molecule has 2 atom stereocenters. The molecule has 1 aromatic rings. The molecule has 2 aliphatic rings. The van der Waals surface area contributed by atoms with Crippen LogP contribution in [0.4, 0.5) is 5.82 Å². The SMILES string of the molecule is CC(C)(C)c1nc(C2CN3CCCC3CO2)nc(N)c1I. The summed E-state index contributed by atoms with van der Waals surface area (Å²) in [4.78, 5) is 11.8. The standard InChI is InChI=1S/C15H23IN4O/c1-15(2,3)12-11(16)13(17)19-14(18-12)10-7-20-6-4-5-9(20)8-21-10/h9-10H,4-8H2,1-3H3,(H2,17,18,19). The number of halogens is 1. The van der Waals surface area contributed by atoms with Crippen LogP contribution < -0.4 is 5.73 Å². The molecule has 0 radical (unpaired) electrons. The topological polar surface area (TPSA) is 64.3 Å². The smallest absolute Gasteiger partial charge is 0.161 e. The summed E-state index contributed by atoms with van der Waals surface area (Å²) in [7, 11) is 0. The average Bonchev–Trinajstić information content (AvgIpc) is 2.87. The van der Waals surface area contributed by atoms with E-state index >= 15 is 0 Å². The van der Waals surface area contributed by atoms with E-state index in [1.165, 1.54) is 12.8 Å². The van der Waals surface area contributed by atoms with Gasteiger partial charge in [0.15, 0.2) is 5.82 Å². The van der Waals surface area contributed by atoms with E-state index in [9.17, 15) is 0 Å². The number of aromatic nitrogens is 2. The van der Waals surface area contributed by atoms with Gasteiger partial charge in [-0.05, 0) is 42.0 Å². The highest BCUT2D eigenvalue weighted by Crippen LogP contribution is 2.32. The number of nitrogens with zero attached hydrogens (tertiary/aromatic N) is 3. The highest BCUT2D eigenvalue weighted by Gasteiger charge is 2.35. The van der Waals surface area contributed by atoms with E-state index in [1.54, 1.807) is 0 Å². The number of hydrogen-bond acceptors (Lipinski definition) is 5. The Balaban J connectivity index is 1.90. The number of fused-ring (bicyclic) bond motifs is 1. The van der Waals surface area contributed by atoms with Crippen molar-refractivity contribution in [3.8, 4) is 0 Å². The zero-order valence-corrected chi connectivity index (χ0v) is 15.1. The maximum Gasteiger partial charge on any atom is 0.161 e. The van der Waals surface area contributed by atoms with Gasteiger partial charge in [-0.2, -0.15) is 0 Å². The molecule has 0 saturated carbocycles. The Kier molecular flexibility index (Phi) is 4.13. The van der Waals surface area contributed by atoms with Gasteiger partial charge < -0.3 is 10.5 Å². The van der Waals surface area contributed by atoms with Crippen LogP contribution in [0.5, 0.6) is 0 Å². The number of rotatable bonds is 1. The lowest BCUT2D eigenvalue weighted by Crippen LogP contribution is -2.43. The summed E-state index contributed by atoms with van der Waals surface area (Å²) in [5.74, 6) is 1.31. The van der Waals surface area contributed by atoms with E-state index in [4.69, 9.17) is 15.5 Å². The molecular formula is C15H23IN4O. The third-order valence-electron chi connectivity index (χ3n) is 4.28. The van der Waals surface area contributed by atoms with E-state index in [0.29, 0.717) is 11.9 Å². The molecule has 0 bridgehead atoms. The van der Waals surface area contributed by atoms with Crippen LogP contribution in [0.15, 0.2) is 0 Å². The minimum atomic E-state index is -0.0558. The normalized spacial score (nSPS) is 26.9. The van der Waals surface area contributed by atoms with Crippen LogP contribution >= 0.6 is 22.6 Å². The Hall–Kier alpha value is -0.470. The molecule has 2 unspecified atom stereocenters. The van der Waals surface area contributed by atoms with Crippen molar-refractivity contribution in [3.05, 3.63) is 15.1 Å². The highest BCUT2D eigenvalue weighted by atomic mass is 127. The minimum Gasteiger partial charge on any atom is -0.383 e. The highest BCUT2D eigenvalue weighted by molar-refractivity contribution is 14.1. The Morgan fingerprint density at radius 1 is 1.33 bits per heavy atom. The number of nitrogens with two attached hydrogens (primary N) is 1. The first-order valence-electron chi connectivity index (χ1n) is 7.55. The van der Waals surface area contributed by atoms with Crippen LogP contribution in [0.2, 0.25) is 0 Å². The van der Waals surface area contributed by atoms with Gasteiger partial charge >= 0.3 is 0 Å². The Labute approximate surface area is 139 Å². The van der Waals surface area contributed by atoms with Crippen molar-refractivity contribution in [2.75, 3.05) is 25.4 Å². The predicted octanol–water partition coefficient (Wildman–Crippen LogP) is 2.50. The number of ether oxygens (including phenoxy) is 1. The van der Waals surface area contributed by atoms with Crippen molar-refractivity contribution < 1.29 is 4.74 Å². The molecule has 116 valence electrons. The summed E-state index contributed by atoms with van der Waals surface area (Å²) in [5.41, 5.74) is 7.07. The molecule has 0 amide bonds. The summed E-state index contributed by atoms with van der Waals surface area (Å²) >= 11 is 2.24. The van der Waals surface area contributed by atoms with Crippen LogP contribution in [0.25, 0.3) is 0 Å². The number of nitrogen functional groups attached to an aromatic ring is 1. The fraction of sp³-hybridized carbons (Fsp3) is 0.733. The first-order valence-corrected chi connectivity index (χ1v) is 8.63. The minimum absolute atomic E-state index is 0.0484. The third-order valence-corrected chi connectivity index (χ3v) is 5.35. The summed E-state index contributed by atoms with van der Waals surface area (Å²) < 4.78 is 6.97. The quantitative estimate of drug-likeness (QED) is 0.732. The Morgan fingerprint density at radius 2 is 2.10 bits per heavy atom. The summed E-state index contributed by atoms with van der Waals surface area (Å²) in [6.45, 7) is 9.28. The number of anilines is 1. The first-order chi connectivity index (χ1) is 9.86. The van der Waals surface area contributed by atoms with Gasteiger partial charge in [-0.25, -0.2) is 9.97 Å². The van der Waals surface area contributed by atoms with Crippen LogP contribution in [-0.4, -0.2) is 40.6 Å². The van der Waals surface area contributed by atoms with Gasteiger partial charge in [0.05, 0.1) is 15.9 Å². The van der Waals surface area contributed by atoms with Crippen LogP contribution in [0, 0.1) is 3.57 Å². The molecule has 2 aliphatic heterocycles. The Morgan fingerprint density at radius 3 is 2.81 bits per heavy atom. The van der Waals surface area contributed by atoms with Crippen molar-refractivity contribution in [1.82, 2.24) is 14.9 Å². The van der Waals surface area contributed by atoms with E-state index in [0.717, 1.165) is 34.8 Å². The van der Waals surface area contributed by atoms with E-state index in [2.05, 4.69) is 53.2 Å². The molecule has 2 N–H and O–H groups in total. The molecule has 1 aromatic heterocycles. The van der Waals surface area contributed by atoms with Crippen LogP contribution in [0.3, 0.4) is 0 Å². The van der Waals surface area contributed by atoms with E-state index < -0.39 is 0 Å². The summed E-state index contributed by atoms with van der Waals surface area (Å²) in [6, 6.07) is 0.588. The molecule has 3 rings (SSSR count). The maximum absolute atomic E-state index is 6.10. The predicted molar refractivity (Wildman–Crippen MR) is 91.1 cm³/mol. The van der Waals surface area contributed by atoms with E-state index in [-0.39, 0.29) is 11.5 Å². The average molecular weight is 402 g/mol. The monoisotopic (exact) mass is 402 g/mol. The van der Waals surface area contributed by atoms with Crippen molar-refractivity contribution in [2.45, 2.75) is 51.2 Å². The fourth-order valence-corrected chi connectivity index (χ4v) is 4.15. The molecule has 5 nitrogen and oxygen atoms in total. The lowest BCUT2D eigenvalue weighted by molar-refractivity contribution is -0.0542. The zero-order chi connectivity index (χ0) is 15.2. The van der Waals surface area contributed by atoms with Gasteiger partial charge in [-0.1, -0.05) is 20.8 Å². The zero-order valence-electron chi connectivity index (χ0n) is 12.9. The second-order valence-corrected chi connectivity index (χ2v) is 8.07. The summed E-state index contributed by atoms with van der Waals surface area (Å²) in [5, 5.41) is 0.